The van der Waals surface area contributed by atoms with Gasteiger partial charge in [0.05, 0.1) is 12.3 Å². The second kappa shape index (κ2) is 11.9. The van der Waals surface area contributed by atoms with E-state index in [0.717, 1.165) is 62.1 Å². The number of imidazole rings is 1. The molecule has 36 heavy (non-hydrogen) atoms. The maximum atomic E-state index is 13.4. The number of aliphatic hydroxyl groups is 1. The molecule has 2 aliphatic rings. The number of aryl methyl sites for hydroxylation is 1. The summed E-state index contributed by atoms with van der Waals surface area (Å²) in [4.78, 5) is 25.0. The van der Waals surface area contributed by atoms with Crippen LogP contribution in [0.3, 0.4) is 0 Å². The van der Waals surface area contributed by atoms with Gasteiger partial charge >= 0.3 is 0 Å². The molecule has 2 N–H and O–H groups in total. The largest absolute Gasteiger partial charge is 0.395 e. The van der Waals surface area contributed by atoms with Gasteiger partial charge in [0.2, 0.25) is 5.91 Å². The fourth-order valence-corrected chi connectivity index (χ4v) is 5.53. The molecule has 1 amide bonds. The molecule has 0 bridgehead atoms. The van der Waals surface area contributed by atoms with Crippen molar-refractivity contribution in [1.29, 1.82) is 0 Å². The molecule has 0 aliphatic carbocycles. The summed E-state index contributed by atoms with van der Waals surface area (Å²) in [5.74, 6) is 0.284. The molecule has 2 aliphatic heterocycles. The Hall–Kier alpha value is -2.84. The number of benzene rings is 1. The van der Waals surface area contributed by atoms with Crippen molar-refractivity contribution in [3.63, 3.8) is 0 Å². The fraction of sp³-hybridized carbons (Fsp3) is 0.500. The van der Waals surface area contributed by atoms with Crippen LogP contribution in [0.1, 0.15) is 61.3 Å². The van der Waals surface area contributed by atoms with Gasteiger partial charge < -0.3 is 15.0 Å². The number of piperidine rings is 2. The van der Waals surface area contributed by atoms with Gasteiger partial charge in [-0.15, -0.1) is 0 Å². The standard InChI is InChI=1S/C28H36F2N4O2/c1-3-4-25-19(2)31-28(32-25)22-9-11-33(12-10-22)26(18-35)21-7-13-34(14-8-21)27(36)6-5-20-15-23(29)17-24(30)16-20/h3-6,15-17,21-22,26,35H,7-14,18H2,1-2H3,(H,31,32)/b4-3-,6-5+. The van der Waals surface area contributed by atoms with Crippen LogP contribution in [-0.2, 0) is 4.79 Å². The van der Waals surface area contributed by atoms with Crippen LogP contribution in [-0.4, -0.2) is 69.6 Å². The number of amides is 1. The number of likely N-dealkylation sites (tertiary alicyclic amines) is 2. The Labute approximate surface area is 211 Å². The van der Waals surface area contributed by atoms with E-state index in [9.17, 15) is 18.7 Å². The van der Waals surface area contributed by atoms with Crippen LogP contribution in [0.5, 0.6) is 0 Å². The maximum absolute atomic E-state index is 13.4. The van der Waals surface area contributed by atoms with Crippen molar-refractivity contribution < 1.29 is 18.7 Å². The van der Waals surface area contributed by atoms with E-state index >= 15 is 0 Å². The van der Waals surface area contributed by atoms with Crippen LogP contribution in [0.25, 0.3) is 12.2 Å². The Morgan fingerprint density at radius 3 is 2.39 bits per heavy atom. The number of nitrogens with zero attached hydrogens (tertiary/aromatic N) is 3. The fourth-order valence-electron chi connectivity index (χ4n) is 5.53. The lowest BCUT2D eigenvalue weighted by atomic mass is 9.86. The molecule has 2 aromatic rings. The maximum Gasteiger partial charge on any atom is 0.246 e. The van der Waals surface area contributed by atoms with E-state index in [1.807, 2.05) is 19.1 Å². The predicted molar refractivity (Wildman–Crippen MR) is 137 cm³/mol. The van der Waals surface area contributed by atoms with Gasteiger partial charge in [0.15, 0.2) is 0 Å². The number of aromatic amines is 1. The van der Waals surface area contributed by atoms with Crippen molar-refractivity contribution in [2.75, 3.05) is 32.8 Å². The molecule has 2 fully saturated rings. The van der Waals surface area contributed by atoms with Crippen LogP contribution < -0.4 is 0 Å². The van der Waals surface area contributed by atoms with Crippen molar-refractivity contribution in [2.24, 2.45) is 5.92 Å². The molecule has 1 atom stereocenters. The molecule has 0 saturated carbocycles. The highest BCUT2D eigenvalue weighted by molar-refractivity contribution is 5.91. The summed E-state index contributed by atoms with van der Waals surface area (Å²) < 4.78 is 26.7. The highest BCUT2D eigenvalue weighted by atomic mass is 19.1. The lowest BCUT2D eigenvalue weighted by molar-refractivity contribution is -0.127. The molecule has 1 unspecified atom stereocenters. The van der Waals surface area contributed by atoms with Gasteiger partial charge in [0.1, 0.15) is 17.5 Å². The minimum Gasteiger partial charge on any atom is -0.395 e. The number of rotatable bonds is 7. The summed E-state index contributed by atoms with van der Waals surface area (Å²) in [5, 5.41) is 10.2. The summed E-state index contributed by atoms with van der Waals surface area (Å²) >= 11 is 0. The minimum atomic E-state index is -0.667. The first-order valence-electron chi connectivity index (χ1n) is 12.8. The number of nitrogens with one attached hydrogen (secondary N) is 1. The van der Waals surface area contributed by atoms with E-state index in [-0.39, 0.29) is 18.6 Å². The number of hydrogen-bond donors (Lipinski definition) is 2. The number of H-pyrrole nitrogens is 1. The molecule has 6 nitrogen and oxygen atoms in total. The smallest absolute Gasteiger partial charge is 0.246 e. The van der Waals surface area contributed by atoms with Crippen LogP contribution >= 0.6 is 0 Å². The average Bonchev–Trinajstić information content (AvgIpc) is 3.23. The van der Waals surface area contributed by atoms with Gasteiger partial charge in [-0.25, -0.2) is 13.8 Å². The second-order valence-electron chi connectivity index (χ2n) is 9.89. The predicted octanol–water partition coefficient (Wildman–Crippen LogP) is 4.52. The summed E-state index contributed by atoms with van der Waals surface area (Å²) in [5.41, 5.74) is 2.42. The molecular weight excluding hydrogens is 462 g/mol. The number of aromatic nitrogens is 2. The molecule has 4 rings (SSSR count). The van der Waals surface area contributed by atoms with E-state index < -0.39 is 11.6 Å². The average molecular weight is 499 g/mol. The van der Waals surface area contributed by atoms with Crippen molar-refractivity contribution in [1.82, 2.24) is 19.8 Å². The van der Waals surface area contributed by atoms with E-state index in [0.29, 0.717) is 30.5 Å². The highest BCUT2D eigenvalue weighted by Crippen LogP contribution is 2.31. The SMILES string of the molecule is C/C=C\c1nc(C2CCN(C(CO)C3CCN(C(=O)/C=C/c4cc(F)cc(F)c4)CC3)CC2)[nH]c1C. The van der Waals surface area contributed by atoms with Gasteiger partial charge in [-0.05, 0) is 88.4 Å². The van der Waals surface area contributed by atoms with Gasteiger partial charge in [-0.3, -0.25) is 9.69 Å². The first kappa shape index (κ1) is 26.2. The van der Waals surface area contributed by atoms with Crippen LogP contribution in [0.15, 0.2) is 30.4 Å². The molecule has 8 heteroatoms. The van der Waals surface area contributed by atoms with E-state index in [2.05, 4.69) is 16.8 Å². The number of carbonyl (C=O) groups excluding carboxylic acids is 1. The minimum absolute atomic E-state index is 0.0888. The quantitative estimate of drug-likeness (QED) is 0.551. The highest BCUT2D eigenvalue weighted by Gasteiger charge is 2.34. The Morgan fingerprint density at radius 1 is 1.11 bits per heavy atom. The van der Waals surface area contributed by atoms with Crippen LogP contribution in [0.4, 0.5) is 8.78 Å². The van der Waals surface area contributed by atoms with Gasteiger partial charge in [-0.2, -0.15) is 0 Å². The zero-order valence-electron chi connectivity index (χ0n) is 21.1. The molecule has 1 aromatic heterocycles. The zero-order valence-corrected chi connectivity index (χ0v) is 21.1. The van der Waals surface area contributed by atoms with E-state index in [4.69, 9.17) is 4.98 Å². The summed E-state index contributed by atoms with van der Waals surface area (Å²) in [7, 11) is 0. The van der Waals surface area contributed by atoms with E-state index in [1.54, 1.807) is 4.90 Å². The molecule has 0 spiro atoms. The molecule has 2 saturated heterocycles. The Bertz CT molecular complexity index is 1080. The molecule has 1 aromatic carbocycles. The lowest BCUT2D eigenvalue weighted by Gasteiger charge is -2.43. The Kier molecular flexibility index (Phi) is 8.69. The third-order valence-electron chi connectivity index (χ3n) is 7.54. The van der Waals surface area contributed by atoms with Crippen molar-refractivity contribution in [3.8, 4) is 0 Å². The summed E-state index contributed by atoms with van der Waals surface area (Å²) in [6, 6.07) is 3.29. The number of hydrogen-bond acceptors (Lipinski definition) is 4. The number of aliphatic hydroxyl groups excluding tert-OH is 1. The number of carbonyl (C=O) groups is 1. The summed E-state index contributed by atoms with van der Waals surface area (Å²) in [6.45, 7) is 7.21. The third-order valence-corrected chi connectivity index (χ3v) is 7.54. The molecular formula is C28H36F2N4O2. The Balaban J connectivity index is 1.28. The zero-order chi connectivity index (χ0) is 25.7. The first-order valence-corrected chi connectivity index (χ1v) is 12.8. The van der Waals surface area contributed by atoms with Gasteiger partial charge in [0.25, 0.3) is 0 Å². The van der Waals surface area contributed by atoms with Crippen LogP contribution in [0, 0.1) is 24.5 Å². The normalized spacial score (nSPS) is 19.5. The lowest BCUT2D eigenvalue weighted by Crippen LogP contribution is -2.50. The molecule has 3 heterocycles. The second-order valence-corrected chi connectivity index (χ2v) is 9.89. The van der Waals surface area contributed by atoms with Gasteiger partial charge in [-0.1, -0.05) is 6.08 Å². The first-order chi connectivity index (χ1) is 17.4. The molecule has 0 radical (unpaired) electrons. The van der Waals surface area contributed by atoms with Crippen molar-refractivity contribution in [3.05, 3.63) is 64.8 Å². The van der Waals surface area contributed by atoms with E-state index in [1.165, 1.54) is 24.3 Å². The topological polar surface area (TPSA) is 72.5 Å². The van der Waals surface area contributed by atoms with Gasteiger partial charge in [0, 0.05) is 42.9 Å². The Morgan fingerprint density at radius 2 is 1.78 bits per heavy atom. The van der Waals surface area contributed by atoms with Crippen LogP contribution in [0.2, 0.25) is 0 Å². The molecule has 194 valence electrons. The van der Waals surface area contributed by atoms with Crippen molar-refractivity contribution in [2.45, 2.75) is 51.5 Å². The monoisotopic (exact) mass is 498 g/mol. The van der Waals surface area contributed by atoms with Crippen molar-refractivity contribution >= 4 is 18.1 Å². The number of halogens is 2. The number of allylic oxidation sites excluding steroid dienone is 1. The third kappa shape index (κ3) is 6.28. The summed E-state index contributed by atoms with van der Waals surface area (Å²) in [6.07, 6.45) is 10.5.